The van der Waals surface area contributed by atoms with E-state index in [0.717, 1.165) is 16.7 Å². The lowest BCUT2D eigenvalue weighted by Gasteiger charge is -2.17. The van der Waals surface area contributed by atoms with Gasteiger partial charge < -0.3 is 0 Å². The SMILES string of the molecule is Cc1ccc(S(=O)(=O)ON(C)CCCc2ccccc2C(F)(F)F)cc1. The van der Waals surface area contributed by atoms with E-state index >= 15 is 0 Å². The van der Waals surface area contributed by atoms with Gasteiger partial charge in [0.15, 0.2) is 0 Å². The van der Waals surface area contributed by atoms with Gasteiger partial charge in [0.05, 0.1) is 10.5 Å². The highest BCUT2D eigenvalue weighted by Crippen LogP contribution is 2.32. The molecule has 0 aliphatic carbocycles. The van der Waals surface area contributed by atoms with Crippen LogP contribution in [-0.2, 0) is 27.0 Å². The Hall–Kier alpha value is -1.90. The van der Waals surface area contributed by atoms with Crippen molar-refractivity contribution < 1.29 is 25.9 Å². The molecule has 4 nitrogen and oxygen atoms in total. The van der Waals surface area contributed by atoms with Crippen molar-refractivity contribution >= 4 is 10.1 Å². The largest absolute Gasteiger partial charge is 0.416 e. The van der Waals surface area contributed by atoms with E-state index in [4.69, 9.17) is 4.28 Å². The average Bonchev–Trinajstić information content (AvgIpc) is 2.54. The number of aryl methyl sites for hydroxylation is 2. The molecule has 0 spiro atoms. The van der Waals surface area contributed by atoms with Crippen LogP contribution in [0.4, 0.5) is 13.2 Å². The van der Waals surface area contributed by atoms with Gasteiger partial charge in [-0.15, -0.1) is 0 Å². The molecule has 142 valence electrons. The Kier molecular flexibility index (Phi) is 6.44. The van der Waals surface area contributed by atoms with Crippen LogP contribution in [0, 0.1) is 6.92 Å². The molecule has 0 fully saturated rings. The van der Waals surface area contributed by atoms with Gasteiger partial charge in [0, 0.05) is 13.6 Å². The zero-order valence-electron chi connectivity index (χ0n) is 14.5. The summed E-state index contributed by atoms with van der Waals surface area (Å²) in [6.45, 7) is 2.00. The van der Waals surface area contributed by atoms with Gasteiger partial charge in [-0.2, -0.15) is 30.9 Å². The molecule has 0 amide bonds. The van der Waals surface area contributed by atoms with Gasteiger partial charge in [0.1, 0.15) is 0 Å². The van der Waals surface area contributed by atoms with E-state index in [0.29, 0.717) is 6.42 Å². The summed E-state index contributed by atoms with van der Waals surface area (Å²) < 4.78 is 68.2. The normalized spacial score (nSPS) is 12.5. The van der Waals surface area contributed by atoms with E-state index in [2.05, 4.69) is 0 Å². The number of hydroxylamine groups is 2. The van der Waals surface area contributed by atoms with Crippen molar-refractivity contribution in [2.75, 3.05) is 13.6 Å². The molecule has 26 heavy (non-hydrogen) atoms. The van der Waals surface area contributed by atoms with Gasteiger partial charge in [0.2, 0.25) is 0 Å². The second-order valence-corrected chi connectivity index (χ2v) is 7.48. The zero-order chi connectivity index (χ0) is 19.4. The summed E-state index contributed by atoms with van der Waals surface area (Å²) >= 11 is 0. The quantitative estimate of drug-likeness (QED) is 0.668. The van der Waals surface area contributed by atoms with Crippen LogP contribution in [-0.4, -0.2) is 27.1 Å². The summed E-state index contributed by atoms with van der Waals surface area (Å²) in [6, 6.07) is 11.6. The second-order valence-electron chi connectivity index (χ2n) is 5.95. The summed E-state index contributed by atoms with van der Waals surface area (Å²) in [6.07, 6.45) is -3.94. The Morgan fingerprint density at radius 1 is 1.04 bits per heavy atom. The summed E-state index contributed by atoms with van der Waals surface area (Å²) in [7, 11) is -2.52. The van der Waals surface area contributed by atoms with E-state index in [1.807, 2.05) is 6.92 Å². The Labute approximate surface area is 151 Å². The summed E-state index contributed by atoms with van der Waals surface area (Å²) in [5.41, 5.74) is 0.422. The van der Waals surface area contributed by atoms with Crippen LogP contribution < -0.4 is 0 Å². The lowest BCUT2D eigenvalue weighted by Crippen LogP contribution is -2.25. The third kappa shape index (κ3) is 5.55. The average molecular weight is 387 g/mol. The van der Waals surface area contributed by atoms with Crippen molar-refractivity contribution in [1.82, 2.24) is 5.06 Å². The summed E-state index contributed by atoms with van der Waals surface area (Å²) in [4.78, 5) is 0.0253. The maximum Gasteiger partial charge on any atom is 0.416 e. The fraction of sp³-hybridized carbons (Fsp3) is 0.333. The van der Waals surface area contributed by atoms with Gasteiger partial charge in [-0.05, 0) is 43.5 Å². The molecule has 0 aliphatic rings. The highest BCUT2D eigenvalue weighted by molar-refractivity contribution is 7.86. The van der Waals surface area contributed by atoms with Crippen LogP contribution >= 0.6 is 0 Å². The van der Waals surface area contributed by atoms with Gasteiger partial charge in [-0.1, -0.05) is 35.9 Å². The molecule has 0 bridgehead atoms. The third-order valence-corrected chi connectivity index (χ3v) is 5.08. The van der Waals surface area contributed by atoms with Crippen molar-refractivity contribution in [3.8, 4) is 0 Å². The highest BCUT2D eigenvalue weighted by atomic mass is 32.2. The van der Waals surface area contributed by atoms with Crippen molar-refractivity contribution in [1.29, 1.82) is 0 Å². The topological polar surface area (TPSA) is 46.6 Å². The maximum atomic E-state index is 13.0. The molecule has 0 atom stereocenters. The highest BCUT2D eigenvalue weighted by Gasteiger charge is 2.32. The summed E-state index contributed by atoms with van der Waals surface area (Å²) in [5, 5.41) is 1.12. The first-order valence-corrected chi connectivity index (χ1v) is 9.38. The van der Waals surface area contributed by atoms with Crippen molar-refractivity contribution in [3.05, 3.63) is 65.2 Å². The minimum atomic E-state index is -4.41. The van der Waals surface area contributed by atoms with Crippen LogP contribution in [0.3, 0.4) is 0 Å². The number of nitrogens with zero attached hydrogens (tertiary/aromatic N) is 1. The van der Waals surface area contributed by atoms with Gasteiger partial charge in [-0.25, -0.2) is 0 Å². The molecule has 8 heteroatoms. The number of alkyl halides is 3. The number of hydrogen-bond donors (Lipinski definition) is 0. The monoisotopic (exact) mass is 387 g/mol. The number of benzene rings is 2. The van der Waals surface area contributed by atoms with Gasteiger partial charge in [-0.3, -0.25) is 0 Å². The molecular formula is C18H20F3NO3S. The van der Waals surface area contributed by atoms with Crippen LogP contribution in [0.25, 0.3) is 0 Å². The van der Waals surface area contributed by atoms with Crippen molar-refractivity contribution in [3.63, 3.8) is 0 Å². The first kappa shape index (κ1) is 20.4. The molecule has 2 rings (SSSR count). The molecular weight excluding hydrogens is 367 g/mol. The van der Waals surface area contributed by atoms with E-state index in [1.165, 1.54) is 31.3 Å². The Morgan fingerprint density at radius 2 is 1.65 bits per heavy atom. The number of hydrogen-bond acceptors (Lipinski definition) is 4. The molecule has 0 aliphatic heterocycles. The Bertz CT molecular complexity index is 834. The fourth-order valence-electron chi connectivity index (χ4n) is 2.46. The molecule has 0 unspecified atom stereocenters. The molecule has 0 aromatic heterocycles. The molecule has 0 saturated carbocycles. The standard InChI is InChI=1S/C18H20F3NO3S/c1-14-9-11-16(12-10-14)26(23,24)25-22(2)13-5-7-15-6-3-4-8-17(15)18(19,20)21/h3-4,6,8-12H,5,7,13H2,1-2H3. The zero-order valence-corrected chi connectivity index (χ0v) is 15.3. The molecule has 2 aromatic carbocycles. The van der Waals surface area contributed by atoms with E-state index in [-0.39, 0.29) is 23.4 Å². The fourth-order valence-corrected chi connectivity index (χ4v) is 3.42. The minimum absolute atomic E-state index is 0.0253. The van der Waals surface area contributed by atoms with E-state index in [1.54, 1.807) is 18.2 Å². The second kappa shape index (κ2) is 8.20. The molecule has 2 aromatic rings. The molecule has 0 saturated heterocycles. The lowest BCUT2D eigenvalue weighted by atomic mass is 10.0. The molecule has 0 heterocycles. The predicted molar refractivity (Wildman–Crippen MR) is 91.8 cm³/mol. The van der Waals surface area contributed by atoms with E-state index in [9.17, 15) is 21.6 Å². The maximum absolute atomic E-state index is 13.0. The first-order valence-electron chi connectivity index (χ1n) is 7.97. The summed E-state index contributed by atoms with van der Waals surface area (Å²) in [5.74, 6) is 0. The minimum Gasteiger partial charge on any atom is -0.192 e. The number of rotatable bonds is 7. The lowest BCUT2D eigenvalue weighted by molar-refractivity contribution is -0.138. The Balaban J connectivity index is 1.94. The van der Waals surface area contributed by atoms with Crippen molar-refractivity contribution in [2.45, 2.75) is 30.8 Å². The van der Waals surface area contributed by atoms with Crippen LogP contribution in [0.1, 0.15) is 23.1 Å². The molecule has 0 radical (unpaired) electrons. The third-order valence-electron chi connectivity index (χ3n) is 3.78. The van der Waals surface area contributed by atoms with Crippen LogP contribution in [0.5, 0.6) is 0 Å². The van der Waals surface area contributed by atoms with Crippen LogP contribution in [0.15, 0.2) is 53.4 Å². The van der Waals surface area contributed by atoms with E-state index < -0.39 is 21.9 Å². The Morgan fingerprint density at radius 3 is 2.27 bits per heavy atom. The number of halogens is 3. The van der Waals surface area contributed by atoms with Crippen LogP contribution in [0.2, 0.25) is 0 Å². The molecule has 0 N–H and O–H groups in total. The van der Waals surface area contributed by atoms with Gasteiger partial charge in [0.25, 0.3) is 0 Å². The smallest absolute Gasteiger partial charge is 0.192 e. The first-order chi connectivity index (χ1) is 12.1. The van der Waals surface area contributed by atoms with Gasteiger partial charge >= 0.3 is 16.3 Å². The predicted octanol–water partition coefficient (Wildman–Crippen LogP) is 4.20. The van der Waals surface area contributed by atoms with Crippen molar-refractivity contribution in [2.24, 2.45) is 0 Å².